The van der Waals surface area contributed by atoms with Gasteiger partial charge in [0, 0.05) is 29.2 Å². The first-order valence-electron chi connectivity index (χ1n) is 19.1. The van der Waals surface area contributed by atoms with Crippen LogP contribution in [0.3, 0.4) is 0 Å². The molecule has 28 nitrogen and oxygen atoms in total. The van der Waals surface area contributed by atoms with Crippen LogP contribution in [-0.4, -0.2) is 91.9 Å². The lowest BCUT2D eigenvalue weighted by molar-refractivity contribution is 0.0879. The third-order valence-electron chi connectivity index (χ3n) is 8.88. The Morgan fingerprint density at radius 3 is 2.26 bits per heavy atom. The van der Waals surface area contributed by atoms with Crippen LogP contribution in [0.5, 0.6) is 0 Å². The van der Waals surface area contributed by atoms with Crippen LogP contribution in [0.4, 0.5) is 34.6 Å². The Bertz CT molecular complexity index is 3240. The van der Waals surface area contributed by atoms with Crippen molar-refractivity contribution in [2.75, 3.05) is 31.3 Å². The van der Waals surface area contributed by atoms with Crippen molar-refractivity contribution < 1.29 is 51.7 Å². The van der Waals surface area contributed by atoms with E-state index in [0.717, 1.165) is 46.7 Å². The van der Waals surface area contributed by atoms with Gasteiger partial charge in [-0.05, 0) is 47.2 Å². The summed E-state index contributed by atoms with van der Waals surface area (Å²) >= 11 is 2.59. The Balaban J connectivity index is 1.19. The number of amides is 8. The maximum atomic E-state index is 15.0. The molecular weight excluding hydrogens is 967 g/mol. The first-order chi connectivity index (χ1) is 33.5. The van der Waals surface area contributed by atoms with Crippen molar-refractivity contribution in [1.29, 1.82) is 0 Å². The summed E-state index contributed by atoms with van der Waals surface area (Å²) < 4.78 is 19.3. The second-order valence-electron chi connectivity index (χ2n) is 13.2. The van der Waals surface area contributed by atoms with Crippen LogP contribution in [0.25, 0.3) is 0 Å². The maximum Gasteiger partial charge on any atom is 0.314 e. The molecule has 0 fully saturated rings. The summed E-state index contributed by atoms with van der Waals surface area (Å²) in [5.41, 5.74) is 3.39. The number of oxazole rings is 1. The van der Waals surface area contributed by atoms with Crippen molar-refractivity contribution in [1.82, 2.24) is 55.5 Å². The number of carbonyl (C=O) groups is 8. The lowest BCUT2D eigenvalue weighted by atomic mass is 10.3. The number of aromatic amines is 3. The van der Waals surface area contributed by atoms with E-state index in [4.69, 9.17) is 13.4 Å². The third kappa shape index (κ3) is 9.46. The van der Waals surface area contributed by atoms with E-state index in [1.165, 1.54) is 65.9 Å². The van der Waals surface area contributed by atoms with Crippen molar-refractivity contribution in [2.24, 2.45) is 0 Å². The molecule has 0 aliphatic heterocycles. The monoisotopic (exact) mass is 991 g/mol. The summed E-state index contributed by atoms with van der Waals surface area (Å²) in [5, 5.41) is 25.4. The number of furan rings is 1. The van der Waals surface area contributed by atoms with Gasteiger partial charge in [-0.3, -0.25) is 59.6 Å². The van der Waals surface area contributed by atoms with E-state index in [9.17, 15) is 28.8 Å². The second-order valence-corrected chi connectivity index (χ2v) is 15.7. The number of nitrogens with zero attached hydrogens (tertiary/aromatic N) is 8. The zero-order valence-electron chi connectivity index (χ0n) is 34.0. The van der Waals surface area contributed by atoms with Gasteiger partial charge in [-0.2, -0.15) is 14.5 Å². The minimum Gasteiger partial charge on any atom is -0.459 e. The highest BCUT2D eigenvalue weighted by Crippen LogP contribution is 2.37. The maximum absolute atomic E-state index is 15.0. The molecule has 0 aliphatic carbocycles. The third-order valence-corrected chi connectivity index (χ3v) is 11.2. The quantitative estimate of drug-likeness (QED) is 0.0695. The molecule has 9 N–H and O–H groups in total. The van der Waals surface area contributed by atoms with Crippen LogP contribution in [0, 0.1) is 0 Å². The lowest BCUT2D eigenvalue weighted by Crippen LogP contribution is -2.50. The van der Waals surface area contributed by atoms with E-state index >= 15 is 9.59 Å². The van der Waals surface area contributed by atoms with Crippen LogP contribution in [-0.2, 0) is 0 Å². The lowest BCUT2D eigenvalue weighted by Gasteiger charge is -2.27. The molecule has 9 heterocycles. The van der Waals surface area contributed by atoms with Crippen molar-refractivity contribution in [3.8, 4) is 0 Å². The molecule has 0 aromatic carbocycles. The van der Waals surface area contributed by atoms with Crippen LogP contribution >= 0.6 is 34.2 Å². The Morgan fingerprint density at radius 1 is 0.696 bits per heavy atom. The smallest absolute Gasteiger partial charge is 0.314 e. The number of rotatable bonds is 14. The van der Waals surface area contributed by atoms with Gasteiger partial charge in [0.05, 0.1) is 23.0 Å². The van der Waals surface area contributed by atoms with Crippen molar-refractivity contribution in [3.63, 3.8) is 0 Å². The first kappa shape index (κ1) is 44.3. The number of thiazole rings is 1. The van der Waals surface area contributed by atoms with Gasteiger partial charge in [-0.25, -0.2) is 20.0 Å². The van der Waals surface area contributed by atoms with E-state index in [1.807, 2.05) is 0 Å². The molecular formula is C38H25N17O11S3. The van der Waals surface area contributed by atoms with Gasteiger partial charge in [0.2, 0.25) is 11.6 Å². The van der Waals surface area contributed by atoms with E-state index < -0.39 is 93.6 Å². The molecule has 0 aliphatic rings. The minimum atomic E-state index is -1.34. The van der Waals surface area contributed by atoms with Gasteiger partial charge < -0.3 is 39.3 Å². The van der Waals surface area contributed by atoms with Crippen LogP contribution in [0.1, 0.15) is 82.8 Å². The topological polar surface area (TPSA) is 379 Å². The molecule has 0 atom stereocenters. The van der Waals surface area contributed by atoms with E-state index in [0.29, 0.717) is 10.0 Å². The van der Waals surface area contributed by atoms with E-state index in [1.54, 1.807) is 17.5 Å². The van der Waals surface area contributed by atoms with Gasteiger partial charge in [-0.15, -0.1) is 22.7 Å². The minimum absolute atomic E-state index is 0.0635. The Morgan fingerprint density at radius 2 is 1.55 bits per heavy atom. The number of aromatic nitrogens is 9. The molecule has 0 unspecified atom stereocenters. The Labute approximate surface area is 393 Å². The van der Waals surface area contributed by atoms with Crippen molar-refractivity contribution in [3.05, 3.63) is 140 Å². The average Bonchev–Trinajstić information content (AvgIpc) is 4.20. The second kappa shape index (κ2) is 19.3. The molecule has 0 spiro atoms. The molecule has 0 saturated carbocycles. The number of thiophene rings is 1. The molecule has 0 radical (unpaired) electrons. The number of hydrogen-bond donors (Lipinski definition) is 9. The molecule has 69 heavy (non-hydrogen) atoms. The fourth-order valence-corrected chi connectivity index (χ4v) is 7.58. The zero-order chi connectivity index (χ0) is 48.0. The summed E-state index contributed by atoms with van der Waals surface area (Å²) in [5.74, 6) is -11.5. The first-order valence-corrected chi connectivity index (χ1v) is 21.7. The highest BCUT2D eigenvalue weighted by atomic mass is 32.1. The van der Waals surface area contributed by atoms with Crippen molar-refractivity contribution >= 4 is 116 Å². The highest BCUT2D eigenvalue weighted by Gasteiger charge is 2.38. The van der Waals surface area contributed by atoms with Crippen LogP contribution in [0.15, 0.2) is 109 Å². The van der Waals surface area contributed by atoms with Gasteiger partial charge >= 0.3 is 11.8 Å². The Kier molecular flexibility index (Phi) is 12.4. The zero-order valence-corrected chi connectivity index (χ0v) is 36.5. The van der Waals surface area contributed by atoms with Gasteiger partial charge in [0.15, 0.2) is 45.3 Å². The molecule has 346 valence electrons. The van der Waals surface area contributed by atoms with Crippen molar-refractivity contribution in [2.45, 2.75) is 0 Å². The molecule has 0 saturated heterocycles. The molecule has 9 aromatic rings. The molecule has 31 heteroatoms. The number of carbonyl (C=O) groups excluding carboxylic acids is 8. The molecule has 9 rings (SSSR count). The Hall–Kier alpha value is -9.88. The predicted octanol–water partition coefficient (Wildman–Crippen LogP) is 4.00. The van der Waals surface area contributed by atoms with Gasteiger partial charge in [-0.1, -0.05) is 11.2 Å². The summed E-state index contributed by atoms with van der Waals surface area (Å²) in [6, 6.07) is 9.98. The molecule has 9 aromatic heterocycles. The largest absolute Gasteiger partial charge is 0.459 e. The average molecular weight is 992 g/mol. The van der Waals surface area contributed by atoms with E-state index in [-0.39, 0.29) is 32.7 Å². The summed E-state index contributed by atoms with van der Waals surface area (Å²) in [7, 11) is 0. The normalized spacial score (nSPS) is 10.8. The van der Waals surface area contributed by atoms with E-state index in [2.05, 4.69) is 76.8 Å². The summed E-state index contributed by atoms with van der Waals surface area (Å²) in [4.78, 5) is 129. The fourth-order valence-electron chi connectivity index (χ4n) is 5.83. The number of H-pyrrole nitrogens is 3. The SMILES string of the molecule is O=C(Nc1[nH]nc(N(NC(=O)c2nccs2)C(=O)c2nc(NC(=O)c3ncco3)c(NC(=O)c3ccco3)[nH]2)c1N(NC(=O)c1cccs1)C(=O)c1nscc1NC(=O)c1ccc[nH]1)c1ccon1. The van der Waals surface area contributed by atoms with Gasteiger partial charge in [0.1, 0.15) is 18.2 Å². The number of hydrogen-bond acceptors (Lipinski definition) is 20. The van der Waals surface area contributed by atoms with Gasteiger partial charge in [0.25, 0.3) is 41.3 Å². The predicted molar refractivity (Wildman–Crippen MR) is 239 cm³/mol. The molecule has 8 amide bonds. The van der Waals surface area contributed by atoms with Crippen LogP contribution in [0.2, 0.25) is 0 Å². The number of nitrogens with one attached hydrogen (secondary N) is 9. The molecule has 0 bridgehead atoms. The standard InChI is InChI=1S/C38H25N17O11S3/c56-29(17-4-1-8-39-17)42-19-16-69-53-22(19)37(62)54(50-32(59)21-6-3-14-67-21)23-24(45-30(57)18-7-12-66-52-18)48-49-28(23)55(51-34(61)36-41-10-15-68-36)38(63)27-43-25(46-31(58)20-5-2-11-64-20)26(44-27)47-33(60)35-40-9-13-65-35/h1-16,39H,(H,42,56)(H,43,44)(H,46,58)(H,47,60)(H,50,59)(H,51,61)(H2,45,48,49,57). The summed E-state index contributed by atoms with van der Waals surface area (Å²) in [6.45, 7) is 0. The fraction of sp³-hybridized carbons (Fsp3) is 0. The highest BCUT2D eigenvalue weighted by molar-refractivity contribution is 7.12. The number of imidazole rings is 1. The number of anilines is 6. The number of hydrazine groups is 2. The summed E-state index contributed by atoms with van der Waals surface area (Å²) in [6.07, 6.45) is 7.43. The van der Waals surface area contributed by atoms with Crippen LogP contribution < -0.4 is 42.1 Å².